The number of aliphatic carboxylic acids is 1. The van der Waals surface area contributed by atoms with Crippen LogP contribution in [0.4, 0.5) is 0 Å². The van der Waals surface area contributed by atoms with E-state index >= 15 is 0 Å². The zero-order valence-corrected chi connectivity index (χ0v) is 11.0. The Balaban J connectivity index is 2.59. The fourth-order valence-electron chi connectivity index (χ4n) is 1.70. The molecule has 0 aliphatic rings. The Morgan fingerprint density at radius 3 is 2.47 bits per heavy atom. The zero-order valence-electron chi connectivity index (χ0n) is 11.0. The van der Waals surface area contributed by atoms with Crippen molar-refractivity contribution >= 4 is 11.9 Å². The first-order chi connectivity index (χ1) is 9.02. The summed E-state index contributed by atoms with van der Waals surface area (Å²) in [5.74, 6) is -1.26. The van der Waals surface area contributed by atoms with Crippen LogP contribution >= 0.6 is 0 Å². The van der Waals surface area contributed by atoms with Crippen LogP contribution in [0.1, 0.15) is 18.9 Å². The normalized spacial score (nSPS) is 13.6. The third-order valence-corrected chi connectivity index (χ3v) is 2.85. The smallest absolute Gasteiger partial charge is 0.326 e. The molecule has 1 amide bonds. The lowest BCUT2D eigenvalue weighted by atomic mass is 10.0. The Hall–Kier alpha value is -1.88. The molecule has 2 atom stereocenters. The molecule has 19 heavy (non-hydrogen) atoms. The van der Waals surface area contributed by atoms with Crippen molar-refractivity contribution in [3.8, 4) is 0 Å². The van der Waals surface area contributed by atoms with Gasteiger partial charge in [-0.25, -0.2) is 4.79 Å². The summed E-state index contributed by atoms with van der Waals surface area (Å²) in [6.07, 6.45) is 0.522. The highest BCUT2D eigenvalue weighted by Crippen LogP contribution is 2.05. The van der Waals surface area contributed by atoms with Gasteiger partial charge < -0.3 is 16.2 Å². The van der Waals surface area contributed by atoms with Gasteiger partial charge in [-0.15, -0.1) is 0 Å². The van der Waals surface area contributed by atoms with E-state index in [4.69, 9.17) is 10.8 Å². The van der Waals surface area contributed by atoms with E-state index in [-0.39, 0.29) is 24.7 Å². The zero-order chi connectivity index (χ0) is 14.3. The van der Waals surface area contributed by atoms with E-state index in [0.29, 0.717) is 6.54 Å². The SMILES string of the molecule is CC(CN)CC(=O)N[C@@H](Cc1ccccc1)C(=O)O. The lowest BCUT2D eigenvalue weighted by Crippen LogP contribution is -2.43. The average Bonchev–Trinajstić information content (AvgIpc) is 2.38. The van der Waals surface area contributed by atoms with E-state index in [0.717, 1.165) is 5.56 Å². The first-order valence-electron chi connectivity index (χ1n) is 6.29. The summed E-state index contributed by atoms with van der Waals surface area (Å²) < 4.78 is 0. The van der Waals surface area contributed by atoms with Crippen LogP contribution < -0.4 is 11.1 Å². The molecule has 0 saturated heterocycles. The van der Waals surface area contributed by atoms with Crippen LogP contribution in [0.15, 0.2) is 30.3 Å². The van der Waals surface area contributed by atoms with E-state index in [2.05, 4.69) is 5.32 Å². The van der Waals surface area contributed by atoms with Crippen molar-refractivity contribution < 1.29 is 14.7 Å². The first-order valence-corrected chi connectivity index (χ1v) is 6.29. The molecular formula is C14H20N2O3. The number of carbonyl (C=O) groups is 2. The molecule has 1 aromatic carbocycles. The first kappa shape index (κ1) is 15.2. The molecule has 0 radical (unpaired) electrons. The summed E-state index contributed by atoms with van der Waals surface area (Å²) in [4.78, 5) is 22.8. The number of nitrogens with two attached hydrogens (primary N) is 1. The minimum atomic E-state index is -1.03. The molecule has 0 aliphatic carbocycles. The topological polar surface area (TPSA) is 92.4 Å². The van der Waals surface area contributed by atoms with Crippen LogP contribution in [0.3, 0.4) is 0 Å². The largest absolute Gasteiger partial charge is 0.480 e. The summed E-state index contributed by atoms with van der Waals surface area (Å²) in [5, 5.41) is 11.7. The van der Waals surface area contributed by atoms with Crippen LogP contribution in [0.25, 0.3) is 0 Å². The second-order valence-electron chi connectivity index (χ2n) is 4.69. The number of carboxylic acid groups (broad SMARTS) is 1. The van der Waals surface area contributed by atoms with E-state index in [1.165, 1.54) is 0 Å². The molecule has 1 rings (SSSR count). The van der Waals surface area contributed by atoms with Gasteiger partial charge in [-0.05, 0) is 18.0 Å². The molecule has 4 N–H and O–H groups in total. The van der Waals surface area contributed by atoms with Crippen LogP contribution in [0, 0.1) is 5.92 Å². The van der Waals surface area contributed by atoms with Gasteiger partial charge in [0.05, 0.1) is 0 Å². The summed E-state index contributed by atoms with van der Waals surface area (Å²) >= 11 is 0. The van der Waals surface area contributed by atoms with E-state index < -0.39 is 12.0 Å². The number of carbonyl (C=O) groups excluding carboxylic acids is 1. The number of benzene rings is 1. The maximum atomic E-state index is 11.7. The van der Waals surface area contributed by atoms with Gasteiger partial charge in [0.15, 0.2) is 0 Å². The van der Waals surface area contributed by atoms with Crippen LogP contribution in [0.2, 0.25) is 0 Å². The third-order valence-electron chi connectivity index (χ3n) is 2.85. The second-order valence-corrected chi connectivity index (χ2v) is 4.69. The molecule has 5 nitrogen and oxygen atoms in total. The quantitative estimate of drug-likeness (QED) is 0.678. The Kier molecular flexibility index (Phi) is 6.02. The van der Waals surface area contributed by atoms with Gasteiger partial charge in [-0.1, -0.05) is 37.3 Å². The van der Waals surface area contributed by atoms with Crippen molar-refractivity contribution in [3.63, 3.8) is 0 Å². The van der Waals surface area contributed by atoms with Gasteiger partial charge in [-0.2, -0.15) is 0 Å². The highest BCUT2D eigenvalue weighted by molar-refractivity contribution is 5.83. The fourth-order valence-corrected chi connectivity index (χ4v) is 1.70. The highest BCUT2D eigenvalue weighted by atomic mass is 16.4. The predicted octanol–water partition coefficient (Wildman–Crippen LogP) is 0.783. The number of rotatable bonds is 7. The van der Waals surface area contributed by atoms with Gasteiger partial charge in [-0.3, -0.25) is 4.79 Å². The van der Waals surface area contributed by atoms with Crippen LogP contribution in [0.5, 0.6) is 0 Å². The highest BCUT2D eigenvalue weighted by Gasteiger charge is 2.20. The molecule has 0 saturated carbocycles. The van der Waals surface area contributed by atoms with Gasteiger partial charge in [0, 0.05) is 12.8 Å². The van der Waals surface area contributed by atoms with Gasteiger partial charge in [0.25, 0.3) is 0 Å². The number of carboxylic acids is 1. The molecule has 1 aromatic rings. The molecule has 0 aliphatic heterocycles. The summed E-state index contributed by atoms with van der Waals surface area (Å²) in [6, 6.07) is 8.31. The molecule has 0 aromatic heterocycles. The van der Waals surface area contributed by atoms with Crippen molar-refractivity contribution in [3.05, 3.63) is 35.9 Å². The Labute approximate surface area is 112 Å². The molecule has 104 valence electrons. The Morgan fingerprint density at radius 2 is 1.95 bits per heavy atom. The van der Waals surface area contributed by atoms with E-state index in [1.54, 1.807) is 0 Å². The maximum Gasteiger partial charge on any atom is 0.326 e. The van der Waals surface area contributed by atoms with Crippen molar-refractivity contribution in [2.24, 2.45) is 11.7 Å². The van der Waals surface area contributed by atoms with E-state index in [9.17, 15) is 9.59 Å². The van der Waals surface area contributed by atoms with Crippen molar-refractivity contribution in [1.82, 2.24) is 5.32 Å². The van der Waals surface area contributed by atoms with Gasteiger partial charge in [0.2, 0.25) is 5.91 Å². The maximum absolute atomic E-state index is 11.7. The number of nitrogens with one attached hydrogen (secondary N) is 1. The second kappa shape index (κ2) is 7.53. The van der Waals surface area contributed by atoms with Crippen molar-refractivity contribution in [2.75, 3.05) is 6.54 Å². The number of hydrogen-bond donors (Lipinski definition) is 3. The van der Waals surface area contributed by atoms with Crippen molar-refractivity contribution in [1.29, 1.82) is 0 Å². The monoisotopic (exact) mass is 264 g/mol. The number of amides is 1. The predicted molar refractivity (Wildman–Crippen MR) is 72.5 cm³/mol. The summed E-state index contributed by atoms with van der Waals surface area (Å²) in [6.45, 7) is 2.26. The lowest BCUT2D eigenvalue weighted by Gasteiger charge is -2.16. The summed E-state index contributed by atoms with van der Waals surface area (Å²) in [5.41, 5.74) is 6.32. The minimum Gasteiger partial charge on any atom is -0.480 e. The van der Waals surface area contributed by atoms with E-state index in [1.807, 2.05) is 37.3 Å². The van der Waals surface area contributed by atoms with Gasteiger partial charge >= 0.3 is 5.97 Å². The molecular weight excluding hydrogens is 244 g/mol. The fraction of sp³-hybridized carbons (Fsp3) is 0.429. The Morgan fingerprint density at radius 1 is 1.32 bits per heavy atom. The molecule has 0 heterocycles. The standard InChI is InChI=1S/C14H20N2O3/c1-10(9-15)7-13(17)16-12(14(18)19)8-11-5-3-2-4-6-11/h2-6,10,12H,7-9,15H2,1H3,(H,16,17)(H,18,19)/t10?,12-/m0/s1. The molecule has 5 heteroatoms. The van der Waals surface area contributed by atoms with Crippen LogP contribution in [-0.2, 0) is 16.0 Å². The van der Waals surface area contributed by atoms with Crippen LogP contribution in [-0.4, -0.2) is 29.6 Å². The molecule has 0 spiro atoms. The Bertz CT molecular complexity index is 420. The van der Waals surface area contributed by atoms with Crippen molar-refractivity contribution in [2.45, 2.75) is 25.8 Å². The minimum absolute atomic E-state index is 0.0474. The lowest BCUT2D eigenvalue weighted by molar-refractivity contribution is -0.141. The third kappa shape index (κ3) is 5.52. The molecule has 0 bridgehead atoms. The van der Waals surface area contributed by atoms with Gasteiger partial charge in [0.1, 0.15) is 6.04 Å². The molecule has 0 fully saturated rings. The molecule has 1 unspecified atom stereocenters. The summed E-state index contributed by atoms with van der Waals surface area (Å²) in [7, 11) is 0. The number of hydrogen-bond acceptors (Lipinski definition) is 3. The average molecular weight is 264 g/mol.